The van der Waals surface area contributed by atoms with Gasteiger partial charge in [0, 0.05) is 38.8 Å². The first kappa shape index (κ1) is 24.4. The first-order valence-electron chi connectivity index (χ1n) is 9.98. The summed E-state index contributed by atoms with van der Waals surface area (Å²) in [6.45, 7) is 4.49. The van der Waals surface area contributed by atoms with Crippen LogP contribution in [-0.4, -0.2) is 39.9 Å². The minimum absolute atomic E-state index is 0. The van der Waals surface area contributed by atoms with E-state index in [4.69, 9.17) is 9.47 Å². The number of hydrogen-bond donors (Lipinski definition) is 2. The molecule has 1 heterocycles. The normalized spacial score (nSPS) is 15.8. The standard InChI is InChI=1S/C23H30FN3O2.HI/c1-17-4-5-18(14-21(17)24)15-26-22(25-2)27-16-23(10-12-29-13-11-23)19-6-8-20(28-3)9-7-19;/h4-9,14H,10-13,15-16H2,1-3H3,(H2,25,26,27);1H. The molecule has 0 bridgehead atoms. The molecule has 5 nitrogen and oxygen atoms in total. The van der Waals surface area contributed by atoms with Crippen molar-refractivity contribution in [2.75, 3.05) is 33.9 Å². The van der Waals surface area contributed by atoms with E-state index in [1.54, 1.807) is 33.2 Å². The van der Waals surface area contributed by atoms with Gasteiger partial charge >= 0.3 is 0 Å². The molecule has 2 N–H and O–H groups in total. The van der Waals surface area contributed by atoms with Gasteiger partial charge < -0.3 is 20.1 Å². The number of guanidine groups is 1. The van der Waals surface area contributed by atoms with Gasteiger partial charge in [-0.3, -0.25) is 4.99 Å². The second-order valence-corrected chi connectivity index (χ2v) is 7.48. The molecule has 0 aliphatic carbocycles. The molecule has 1 aliphatic heterocycles. The van der Waals surface area contributed by atoms with Crippen molar-refractivity contribution in [2.45, 2.75) is 31.7 Å². The number of halogens is 2. The van der Waals surface area contributed by atoms with Crippen LogP contribution in [0.5, 0.6) is 5.75 Å². The largest absolute Gasteiger partial charge is 0.497 e. The predicted molar refractivity (Wildman–Crippen MR) is 129 cm³/mol. The summed E-state index contributed by atoms with van der Waals surface area (Å²) in [7, 11) is 3.42. The Morgan fingerprint density at radius 2 is 1.83 bits per heavy atom. The third-order valence-electron chi connectivity index (χ3n) is 5.67. The molecule has 164 valence electrons. The number of methoxy groups -OCH3 is 1. The zero-order chi connectivity index (χ0) is 20.7. The lowest BCUT2D eigenvalue weighted by molar-refractivity contribution is 0.0513. The van der Waals surface area contributed by atoms with Gasteiger partial charge in [-0.25, -0.2) is 4.39 Å². The Balaban J connectivity index is 0.00000320. The van der Waals surface area contributed by atoms with Gasteiger partial charge in [-0.2, -0.15) is 0 Å². The minimum atomic E-state index is -0.187. The smallest absolute Gasteiger partial charge is 0.191 e. The Morgan fingerprint density at radius 3 is 2.43 bits per heavy atom. The van der Waals surface area contributed by atoms with E-state index >= 15 is 0 Å². The van der Waals surface area contributed by atoms with E-state index < -0.39 is 0 Å². The van der Waals surface area contributed by atoms with Gasteiger partial charge in [0.1, 0.15) is 11.6 Å². The van der Waals surface area contributed by atoms with Crippen LogP contribution in [0, 0.1) is 12.7 Å². The molecule has 1 fully saturated rings. The lowest BCUT2D eigenvalue weighted by atomic mass is 9.74. The second-order valence-electron chi connectivity index (χ2n) is 7.48. The average molecular weight is 527 g/mol. The van der Waals surface area contributed by atoms with E-state index in [0.717, 1.165) is 43.9 Å². The molecular weight excluding hydrogens is 496 g/mol. The van der Waals surface area contributed by atoms with Gasteiger partial charge in [-0.05, 0) is 54.7 Å². The molecule has 2 aromatic carbocycles. The summed E-state index contributed by atoms with van der Waals surface area (Å²) >= 11 is 0. The minimum Gasteiger partial charge on any atom is -0.497 e. The highest BCUT2D eigenvalue weighted by atomic mass is 127. The predicted octanol–water partition coefficient (Wildman–Crippen LogP) is 4.17. The van der Waals surface area contributed by atoms with Gasteiger partial charge in [0.15, 0.2) is 5.96 Å². The van der Waals surface area contributed by atoms with Crippen LogP contribution in [0.15, 0.2) is 47.5 Å². The summed E-state index contributed by atoms with van der Waals surface area (Å²) in [6, 6.07) is 13.6. The molecular formula is C23H31FIN3O2. The molecule has 1 saturated heterocycles. The molecule has 1 aliphatic rings. The summed E-state index contributed by atoms with van der Waals surface area (Å²) in [5.41, 5.74) is 2.77. The third kappa shape index (κ3) is 6.07. The fraction of sp³-hybridized carbons (Fsp3) is 0.435. The van der Waals surface area contributed by atoms with Crippen molar-refractivity contribution in [1.82, 2.24) is 10.6 Å². The zero-order valence-electron chi connectivity index (χ0n) is 17.8. The summed E-state index contributed by atoms with van der Waals surface area (Å²) in [5.74, 6) is 1.37. The fourth-order valence-electron chi connectivity index (χ4n) is 3.68. The van der Waals surface area contributed by atoms with E-state index in [1.165, 1.54) is 5.56 Å². The van der Waals surface area contributed by atoms with Crippen molar-refractivity contribution in [1.29, 1.82) is 0 Å². The van der Waals surface area contributed by atoms with Crippen molar-refractivity contribution < 1.29 is 13.9 Å². The quantitative estimate of drug-likeness (QED) is 0.337. The lowest BCUT2D eigenvalue weighted by Gasteiger charge is -2.38. The molecule has 0 unspecified atom stereocenters. The molecule has 0 spiro atoms. The number of aryl methyl sites for hydroxylation is 1. The summed E-state index contributed by atoms with van der Waals surface area (Å²) < 4.78 is 24.7. The van der Waals surface area contributed by atoms with Crippen molar-refractivity contribution >= 4 is 29.9 Å². The SMILES string of the molecule is CN=C(NCc1ccc(C)c(F)c1)NCC1(c2ccc(OC)cc2)CCOCC1.I. The van der Waals surface area contributed by atoms with Gasteiger partial charge in [0.05, 0.1) is 7.11 Å². The van der Waals surface area contributed by atoms with E-state index in [9.17, 15) is 4.39 Å². The third-order valence-corrected chi connectivity index (χ3v) is 5.67. The van der Waals surface area contributed by atoms with Crippen LogP contribution in [0.3, 0.4) is 0 Å². The topological polar surface area (TPSA) is 54.9 Å². The number of nitrogens with one attached hydrogen (secondary N) is 2. The Morgan fingerprint density at radius 1 is 1.13 bits per heavy atom. The number of rotatable bonds is 6. The van der Waals surface area contributed by atoms with Gasteiger partial charge in [-0.15, -0.1) is 24.0 Å². The Kier molecular flexibility index (Phi) is 9.36. The van der Waals surface area contributed by atoms with Gasteiger partial charge in [0.2, 0.25) is 0 Å². The van der Waals surface area contributed by atoms with Crippen LogP contribution in [0.2, 0.25) is 0 Å². The first-order chi connectivity index (χ1) is 14.1. The molecule has 0 amide bonds. The monoisotopic (exact) mass is 527 g/mol. The van der Waals surface area contributed by atoms with E-state index in [-0.39, 0.29) is 35.2 Å². The van der Waals surface area contributed by atoms with Gasteiger partial charge in [-0.1, -0.05) is 24.3 Å². The first-order valence-corrected chi connectivity index (χ1v) is 9.98. The van der Waals surface area contributed by atoms with Crippen molar-refractivity contribution in [3.05, 3.63) is 65.0 Å². The Hall–Kier alpha value is -1.87. The molecule has 0 radical (unpaired) electrons. The summed E-state index contributed by atoms with van der Waals surface area (Å²) in [6.07, 6.45) is 1.87. The maximum Gasteiger partial charge on any atom is 0.191 e. The molecule has 2 aromatic rings. The Bertz CT molecular complexity index is 837. The number of nitrogens with zero attached hydrogens (tertiary/aromatic N) is 1. The van der Waals surface area contributed by atoms with Crippen molar-refractivity contribution in [3.63, 3.8) is 0 Å². The molecule has 0 saturated carbocycles. The van der Waals surface area contributed by atoms with E-state index in [0.29, 0.717) is 18.1 Å². The van der Waals surface area contributed by atoms with Gasteiger partial charge in [0.25, 0.3) is 0 Å². The van der Waals surface area contributed by atoms with Crippen molar-refractivity contribution in [2.24, 2.45) is 4.99 Å². The molecule has 0 atom stereocenters. The van der Waals surface area contributed by atoms with Crippen LogP contribution in [0.25, 0.3) is 0 Å². The van der Waals surface area contributed by atoms with Crippen LogP contribution in [0.4, 0.5) is 4.39 Å². The number of ether oxygens (including phenoxy) is 2. The average Bonchev–Trinajstić information content (AvgIpc) is 2.77. The maximum atomic E-state index is 13.8. The Labute approximate surface area is 195 Å². The van der Waals surface area contributed by atoms with Crippen LogP contribution in [-0.2, 0) is 16.7 Å². The van der Waals surface area contributed by atoms with Crippen molar-refractivity contribution in [3.8, 4) is 5.75 Å². The highest BCUT2D eigenvalue weighted by Crippen LogP contribution is 2.35. The molecule has 3 rings (SSSR count). The second kappa shape index (κ2) is 11.5. The fourth-order valence-corrected chi connectivity index (χ4v) is 3.68. The summed E-state index contributed by atoms with van der Waals surface area (Å²) in [5, 5.41) is 6.74. The highest BCUT2D eigenvalue weighted by molar-refractivity contribution is 14.0. The summed E-state index contributed by atoms with van der Waals surface area (Å²) in [4.78, 5) is 4.33. The zero-order valence-corrected chi connectivity index (χ0v) is 20.2. The van der Waals surface area contributed by atoms with E-state index in [1.807, 2.05) is 18.2 Å². The molecule has 0 aromatic heterocycles. The van der Waals surface area contributed by atoms with Crippen LogP contribution in [0.1, 0.15) is 29.5 Å². The highest BCUT2D eigenvalue weighted by Gasteiger charge is 2.34. The van der Waals surface area contributed by atoms with Crippen LogP contribution >= 0.6 is 24.0 Å². The number of benzene rings is 2. The molecule has 30 heavy (non-hydrogen) atoms. The van der Waals surface area contributed by atoms with E-state index in [2.05, 4.69) is 27.8 Å². The molecule has 7 heteroatoms. The number of hydrogen-bond acceptors (Lipinski definition) is 3. The lowest BCUT2D eigenvalue weighted by Crippen LogP contribution is -2.47. The number of aliphatic imine (C=N–C) groups is 1. The maximum absolute atomic E-state index is 13.8. The van der Waals surface area contributed by atoms with Crippen LogP contribution < -0.4 is 15.4 Å².